The van der Waals surface area contributed by atoms with E-state index >= 15 is 0 Å². The first-order valence-corrected chi connectivity index (χ1v) is 7.75. The molecule has 0 aliphatic carbocycles. The topological polar surface area (TPSA) is 51.2 Å². The van der Waals surface area contributed by atoms with Gasteiger partial charge in [-0.15, -0.1) is 0 Å². The summed E-state index contributed by atoms with van der Waals surface area (Å²) in [5, 5.41) is 1.15. The number of aryl methyl sites for hydroxylation is 1. The third-order valence-electron chi connectivity index (χ3n) is 3.83. The fraction of sp³-hybridized carbons (Fsp3) is 0.556. The molecule has 0 saturated heterocycles. The first-order chi connectivity index (χ1) is 9.78. The Morgan fingerprint density at radius 1 is 1.24 bits per heavy atom. The third-order valence-corrected chi connectivity index (χ3v) is 3.83. The van der Waals surface area contributed by atoms with Crippen molar-refractivity contribution in [2.75, 3.05) is 0 Å². The van der Waals surface area contributed by atoms with Crippen molar-refractivity contribution in [3.05, 3.63) is 35.6 Å². The molecule has 3 nitrogen and oxygen atoms in total. The minimum Gasteiger partial charge on any atom is -0.459 e. The van der Waals surface area contributed by atoms with Gasteiger partial charge in [0, 0.05) is 5.39 Å². The Morgan fingerprint density at radius 2 is 1.95 bits per heavy atom. The molecule has 3 heteroatoms. The number of furan rings is 1. The molecule has 1 aromatic carbocycles. The number of hydrazine groups is 1. The maximum absolute atomic E-state index is 5.96. The molecule has 0 bridgehead atoms. The lowest BCUT2D eigenvalue weighted by atomic mass is 9.82. The summed E-state index contributed by atoms with van der Waals surface area (Å²) in [6.07, 6.45) is 2.15. The highest BCUT2D eigenvalue weighted by Gasteiger charge is 2.21. The highest BCUT2D eigenvalue weighted by atomic mass is 16.3. The van der Waals surface area contributed by atoms with Gasteiger partial charge in [0.1, 0.15) is 11.3 Å². The van der Waals surface area contributed by atoms with Crippen molar-refractivity contribution in [2.45, 2.75) is 53.5 Å². The molecule has 1 aromatic heterocycles. The molecule has 3 N–H and O–H groups in total. The van der Waals surface area contributed by atoms with Crippen LogP contribution in [0.3, 0.4) is 0 Å². The number of hydrogen-bond acceptors (Lipinski definition) is 3. The van der Waals surface area contributed by atoms with E-state index in [0.29, 0.717) is 11.3 Å². The molecule has 0 radical (unpaired) electrons. The van der Waals surface area contributed by atoms with Crippen molar-refractivity contribution < 1.29 is 4.42 Å². The van der Waals surface area contributed by atoms with Gasteiger partial charge >= 0.3 is 0 Å². The molecule has 0 aliphatic heterocycles. The van der Waals surface area contributed by atoms with E-state index in [1.54, 1.807) is 0 Å². The van der Waals surface area contributed by atoms with Gasteiger partial charge < -0.3 is 4.42 Å². The summed E-state index contributed by atoms with van der Waals surface area (Å²) in [5.41, 5.74) is 5.43. The number of hydrogen-bond donors (Lipinski definition) is 2. The SMILES string of the molecule is Cc1ccc2oc(C(CC(C)CC(C)(C)C)NN)cc2c1. The molecule has 116 valence electrons. The van der Waals surface area contributed by atoms with Gasteiger partial charge in [-0.05, 0) is 49.3 Å². The Labute approximate surface area is 127 Å². The molecule has 2 unspecified atom stereocenters. The summed E-state index contributed by atoms with van der Waals surface area (Å²) in [6.45, 7) is 11.2. The number of nitrogens with two attached hydrogens (primary N) is 1. The maximum Gasteiger partial charge on any atom is 0.134 e. The molecule has 0 amide bonds. The van der Waals surface area contributed by atoms with Crippen LogP contribution in [0.1, 0.15) is 57.9 Å². The summed E-state index contributed by atoms with van der Waals surface area (Å²) in [5.74, 6) is 7.27. The van der Waals surface area contributed by atoms with E-state index in [0.717, 1.165) is 23.2 Å². The monoisotopic (exact) mass is 288 g/mol. The Bertz CT molecular complexity index is 595. The van der Waals surface area contributed by atoms with Gasteiger partial charge in [-0.2, -0.15) is 0 Å². The van der Waals surface area contributed by atoms with E-state index in [1.807, 2.05) is 6.07 Å². The molecule has 2 atom stereocenters. The molecule has 2 aromatic rings. The van der Waals surface area contributed by atoms with Crippen LogP contribution in [0.2, 0.25) is 0 Å². The predicted octanol–water partition coefficient (Wildman–Crippen LogP) is 4.71. The van der Waals surface area contributed by atoms with Gasteiger partial charge in [0.2, 0.25) is 0 Å². The normalized spacial score (nSPS) is 15.3. The van der Waals surface area contributed by atoms with Crippen LogP contribution in [-0.2, 0) is 0 Å². The second-order valence-corrected chi connectivity index (χ2v) is 7.51. The highest BCUT2D eigenvalue weighted by Crippen LogP contribution is 2.32. The zero-order valence-electron chi connectivity index (χ0n) is 13.9. The molecule has 21 heavy (non-hydrogen) atoms. The summed E-state index contributed by atoms with van der Waals surface area (Å²) in [6, 6.07) is 8.42. The second kappa shape index (κ2) is 6.20. The average molecular weight is 288 g/mol. The van der Waals surface area contributed by atoms with E-state index in [2.05, 4.69) is 58.2 Å². The summed E-state index contributed by atoms with van der Waals surface area (Å²) < 4.78 is 5.96. The number of fused-ring (bicyclic) bond motifs is 1. The van der Waals surface area contributed by atoms with Gasteiger partial charge in [-0.25, -0.2) is 5.43 Å². The minimum absolute atomic E-state index is 0.0649. The van der Waals surface area contributed by atoms with Crippen LogP contribution in [0.15, 0.2) is 28.7 Å². The van der Waals surface area contributed by atoms with Crippen molar-refractivity contribution in [1.29, 1.82) is 0 Å². The Kier molecular flexibility index (Phi) is 4.74. The standard InChI is InChI=1S/C18H28N2O/c1-12-6-7-16-14(8-12)10-17(21-16)15(20-19)9-13(2)11-18(3,4)5/h6-8,10,13,15,20H,9,11,19H2,1-5H3. The molecular weight excluding hydrogens is 260 g/mol. The molecular formula is C18H28N2O. The average Bonchev–Trinajstić information content (AvgIpc) is 2.76. The zero-order valence-corrected chi connectivity index (χ0v) is 13.9. The summed E-state index contributed by atoms with van der Waals surface area (Å²) in [4.78, 5) is 0. The Hall–Kier alpha value is -1.32. The maximum atomic E-state index is 5.96. The van der Waals surface area contributed by atoms with Crippen molar-refractivity contribution >= 4 is 11.0 Å². The minimum atomic E-state index is 0.0649. The quantitative estimate of drug-likeness (QED) is 0.619. The lowest BCUT2D eigenvalue weighted by molar-refractivity contribution is 0.266. The summed E-state index contributed by atoms with van der Waals surface area (Å²) in [7, 11) is 0. The van der Waals surface area contributed by atoms with Crippen LogP contribution < -0.4 is 11.3 Å². The van der Waals surface area contributed by atoms with Crippen molar-refractivity contribution in [3.8, 4) is 0 Å². The summed E-state index contributed by atoms with van der Waals surface area (Å²) >= 11 is 0. The van der Waals surface area contributed by atoms with Crippen molar-refractivity contribution in [3.63, 3.8) is 0 Å². The van der Waals surface area contributed by atoms with Crippen molar-refractivity contribution in [1.82, 2.24) is 5.43 Å². The molecule has 0 spiro atoms. The van der Waals surface area contributed by atoms with Crippen LogP contribution in [-0.4, -0.2) is 0 Å². The highest BCUT2D eigenvalue weighted by molar-refractivity contribution is 5.78. The second-order valence-electron chi connectivity index (χ2n) is 7.51. The van der Waals surface area contributed by atoms with E-state index < -0.39 is 0 Å². The number of rotatable bonds is 5. The van der Waals surface area contributed by atoms with Crippen LogP contribution in [0, 0.1) is 18.3 Å². The van der Waals surface area contributed by atoms with E-state index in [9.17, 15) is 0 Å². The third kappa shape index (κ3) is 4.32. The molecule has 0 aliphatic rings. The van der Waals surface area contributed by atoms with E-state index in [1.165, 1.54) is 12.0 Å². The fourth-order valence-corrected chi connectivity index (χ4v) is 3.15. The lowest BCUT2D eigenvalue weighted by Gasteiger charge is -2.25. The van der Waals surface area contributed by atoms with Gasteiger partial charge in [0.15, 0.2) is 0 Å². The van der Waals surface area contributed by atoms with E-state index in [4.69, 9.17) is 10.3 Å². The Balaban J connectivity index is 2.15. The number of benzene rings is 1. The molecule has 2 rings (SSSR count). The molecule has 0 saturated carbocycles. The molecule has 1 heterocycles. The van der Waals surface area contributed by atoms with Gasteiger partial charge in [-0.1, -0.05) is 39.3 Å². The van der Waals surface area contributed by atoms with Crippen LogP contribution in [0.25, 0.3) is 11.0 Å². The van der Waals surface area contributed by atoms with Gasteiger partial charge in [0.05, 0.1) is 6.04 Å². The fourth-order valence-electron chi connectivity index (χ4n) is 3.15. The zero-order chi connectivity index (χ0) is 15.6. The smallest absolute Gasteiger partial charge is 0.134 e. The van der Waals surface area contributed by atoms with Crippen LogP contribution in [0.5, 0.6) is 0 Å². The van der Waals surface area contributed by atoms with Gasteiger partial charge in [0.25, 0.3) is 0 Å². The van der Waals surface area contributed by atoms with Crippen LogP contribution >= 0.6 is 0 Å². The van der Waals surface area contributed by atoms with Crippen molar-refractivity contribution in [2.24, 2.45) is 17.2 Å². The predicted molar refractivity (Wildman–Crippen MR) is 88.9 cm³/mol. The van der Waals surface area contributed by atoms with Gasteiger partial charge in [-0.3, -0.25) is 5.84 Å². The first-order valence-electron chi connectivity index (χ1n) is 7.75. The Morgan fingerprint density at radius 3 is 2.57 bits per heavy atom. The van der Waals surface area contributed by atoms with Crippen LogP contribution in [0.4, 0.5) is 0 Å². The number of nitrogens with one attached hydrogen (secondary N) is 1. The lowest BCUT2D eigenvalue weighted by Crippen LogP contribution is -2.29. The first kappa shape index (κ1) is 16.1. The molecule has 0 fully saturated rings. The largest absolute Gasteiger partial charge is 0.459 e. The van der Waals surface area contributed by atoms with E-state index in [-0.39, 0.29) is 6.04 Å².